The van der Waals surface area contributed by atoms with Crippen LogP contribution in [0, 0.1) is 27.7 Å². The summed E-state index contributed by atoms with van der Waals surface area (Å²) in [5.41, 5.74) is 5.90. The van der Waals surface area contributed by atoms with E-state index in [4.69, 9.17) is 0 Å². The van der Waals surface area contributed by atoms with Crippen molar-refractivity contribution in [1.82, 2.24) is 24.8 Å². The summed E-state index contributed by atoms with van der Waals surface area (Å²) in [7, 11) is 0. The molecule has 0 amide bonds. The van der Waals surface area contributed by atoms with Gasteiger partial charge < -0.3 is 4.57 Å². The number of nitrogens with zero attached hydrogens (tertiary/aromatic N) is 5. The van der Waals surface area contributed by atoms with Gasteiger partial charge in [0, 0.05) is 23.5 Å². The number of thioether (sulfide) groups is 1. The number of benzene rings is 1. The molecule has 0 radical (unpaired) electrons. The molecule has 0 saturated carbocycles. The first-order valence-corrected chi connectivity index (χ1v) is 9.71. The number of carbonyl (C=O) groups is 1. The van der Waals surface area contributed by atoms with E-state index in [-0.39, 0.29) is 11.5 Å². The molecule has 0 saturated heterocycles. The molecule has 3 aromatic rings. The Morgan fingerprint density at radius 2 is 1.93 bits per heavy atom. The van der Waals surface area contributed by atoms with Crippen LogP contribution in [0.1, 0.15) is 32.9 Å². The molecule has 0 aliphatic rings. The standard InChI is InChI=1S/C20H23N5OS/c1-6-10-24-15(4)11-17(16(24)5)18(26)12-27-20-21-22-23-25(20)19-13(2)8-7-9-14(19)3/h6-9,11H,1,10,12H2,2-5H3. The number of hydrogen-bond acceptors (Lipinski definition) is 5. The average molecular weight is 382 g/mol. The highest BCUT2D eigenvalue weighted by Gasteiger charge is 2.18. The van der Waals surface area contributed by atoms with Gasteiger partial charge in [0.25, 0.3) is 0 Å². The predicted molar refractivity (Wildman–Crippen MR) is 108 cm³/mol. The van der Waals surface area contributed by atoms with Crippen LogP contribution in [-0.4, -0.2) is 36.3 Å². The molecule has 0 bridgehead atoms. The molecule has 3 rings (SSSR count). The van der Waals surface area contributed by atoms with Gasteiger partial charge >= 0.3 is 0 Å². The first-order valence-electron chi connectivity index (χ1n) is 8.72. The smallest absolute Gasteiger partial charge is 0.214 e. The lowest BCUT2D eigenvalue weighted by molar-refractivity contribution is 0.102. The molecule has 7 heteroatoms. The maximum Gasteiger partial charge on any atom is 0.214 e. The van der Waals surface area contributed by atoms with Gasteiger partial charge in [-0.05, 0) is 55.3 Å². The van der Waals surface area contributed by atoms with Crippen molar-refractivity contribution in [1.29, 1.82) is 0 Å². The summed E-state index contributed by atoms with van der Waals surface area (Å²) in [4.78, 5) is 12.8. The normalized spacial score (nSPS) is 11.0. The van der Waals surface area contributed by atoms with Crippen LogP contribution < -0.4 is 0 Å². The summed E-state index contributed by atoms with van der Waals surface area (Å²) in [6.07, 6.45) is 1.83. The zero-order valence-corrected chi connectivity index (χ0v) is 16.9. The first kappa shape index (κ1) is 19.1. The van der Waals surface area contributed by atoms with Crippen LogP contribution in [-0.2, 0) is 6.54 Å². The first-order chi connectivity index (χ1) is 12.9. The third-order valence-corrected chi connectivity index (χ3v) is 5.53. The lowest BCUT2D eigenvalue weighted by Gasteiger charge is -2.10. The van der Waals surface area contributed by atoms with Gasteiger partial charge in [0.1, 0.15) is 0 Å². The number of rotatable bonds is 7. The molecule has 140 valence electrons. The second kappa shape index (κ2) is 7.92. The Balaban J connectivity index is 1.81. The zero-order chi connectivity index (χ0) is 19.6. The van der Waals surface area contributed by atoms with Gasteiger partial charge in [-0.3, -0.25) is 4.79 Å². The maximum atomic E-state index is 12.8. The van der Waals surface area contributed by atoms with Crippen LogP contribution in [0.3, 0.4) is 0 Å². The molecular weight excluding hydrogens is 358 g/mol. The van der Waals surface area contributed by atoms with Gasteiger partial charge in [-0.2, -0.15) is 4.68 Å². The Labute approximate surface area is 163 Å². The number of allylic oxidation sites excluding steroid dienone is 1. The summed E-state index contributed by atoms with van der Waals surface area (Å²) in [6.45, 7) is 12.5. The van der Waals surface area contributed by atoms with E-state index in [2.05, 4.69) is 26.7 Å². The Kier molecular flexibility index (Phi) is 5.60. The molecule has 0 aliphatic heterocycles. The monoisotopic (exact) mass is 381 g/mol. The average Bonchev–Trinajstić information content (AvgIpc) is 3.19. The number of aryl methyl sites for hydroxylation is 3. The second-order valence-electron chi connectivity index (χ2n) is 6.51. The highest BCUT2D eigenvalue weighted by molar-refractivity contribution is 7.99. The minimum atomic E-state index is 0.0690. The molecule has 0 fully saturated rings. The molecule has 0 spiro atoms. The van der Waals surface area contributed by atoms with Crippen LogP contribution >= 0.6 is 11.8 Å². The van der Waals surface area contributed by atoms with Gasteiger partial charge in [0.05, 0.1) is 11.4 Å². The van der Waals surface area contributed by atoms with Crippen LogP contribution in [0.2, 0.25) is 0 Å². The SMILES string of the molecule is C=CCn1c(C)cc(C(=O)CSc2nnnn2-c2c(C)cccc2C)c1C. The molecule has 6 nitrogen and oxygen atoms in total. The van der Waals surface area contributed by atoms with Crippen LogP contribution in [0.15, 0.2) is 42.1 Å². The number of hydrogen-bond donors (Lipinski definition) is 0. The van der Waals surface area contributed by atoms with Crippen molar-refractivity contribution >= 4 is 17.5 Å². The molecule has 0 unspecified atom stereocenters. The number of tetrazole rings is 1. The van der Waals surface area contributed by atoms with E-state index in [0.717, 1.165) is 33.8 Å². The number of aromatic nitrogens is 5. The van der Waals surface area contributed by atoms with Crippen molar-refractivity contribution in [3.63, 3.8) is 0 Å². The topological polar surface area (TPSA) is 65.6 Å². The van der Waals surface area contributed by atoms with Crippen LogP contribution in [0.4, 0.5) is 0 Å². The van der Waals surface area contributed by atoms with Crippen molar-refractivity contribution in [3.05, 3.63) is 65.0 Å². The molecule has 1 aromatic carbocycles. The number of ketones is 1. The molecule has 27 heavy (non-hydrogen) atoms. The Morgan fingerprint density at radius 3 is 2.59 bits per heavy atom. The number of para-hydroxylation sites is 1. The Morgan fingerprint density at radius 1 is 1.22 bits per heavy atom. The van der Waals surface area contributed by atoms with Crippen molar-refractivity contribution in [3.8, 4) is 5.69 Å². The number of carbonyl (C=O) groups excluding carboxylic acids is 1. The third-order valence-electron chi connectivity index (χ3n) is 4.61. The third kappa shape index (κ3) is 3.73. The lowest BCUT2D eigenvalue weighted by atomic mass is 10.1. The minimum Gasteiger partial charge on any atom is -0.345 e. The highest BCUT2D eigenvalue weighted by Crippen LogP contribution is 2.25. The van der Waals surface area contributed by atoms with E-state index in [1.54, 1.807) is 4.68 Å². The molecular formula is C20H23N5OS. The summed E-state index contributed by atoms with van der Waals surface area (Å²) < 4.78 is 3.80. The number of Topliss-reactive ketones (excluding diaryl/α,β-unsaturated/α-hetero) is 1. The predicted octanol–water partition coefficient (Wildman–Crippen LogP) is 3.86. The van der Waals surface area contributed by atoms with E-state index in [1.807, 2.05) is 58.0 Å². The minimum absolute atomic E-state index is 0.0690. The van der Waals surface area contributed by atoms with E-state index in [9.17, 15) is 4.79 Å². The maximum absolute atomic E-state index is 12.8. The molecule has 2 aromatic heterocycles. The molecule has 0 N–H and O–H groups in total. The van der Waals surface area contributed by atoms with Crippen molar-refractivity contribution in [2.75, 3.05) is 5.75 Å². The summed E-state index contributed by atoms with van der Waals surface area (Å²) in [5, 5.41) is 12.7. The summed E-state index contributed by atoms with van der Waals surface area (Å²) in [5.74, 6) is 0.350. The van der Waals surface area contributed by atoms with Gasteiger partial charge in [-0.1, -0.05) is 36.0 Å². The Bertz CT molecular complexity index is 982. The van der Waals surface area contributed by atoms with Crippen molar-refractivity contribution < 1.29 is 4.79 Å². The van der Waals surface area contributed by atoms with Gasteiger partial charge in [0.2, 0.25) is 5.16 Å². The fourth-order valence-electron chi connectivity index (χ4n) is 3.25. The second-order valence-corrected chi connectivity index (χ2v) is 7.45. The Hall–Kier alpha value is -2.67. The van der Waals surface area contributed by atoms with Crippen molar-refractivity contribution in [2.45, 2.75) is 39.4 Å². The van der Waals surface area contributed by atoms with Gasteiger partial charge in [-0.15, -0.1) is 11.7 Å². The fourth-order valence-corrected chi connectivity index (χ4v) is 4.01. The zero-order valence-electron chi connectivity index (χ0n) is 16.1. The van der Waals surface area contributed by atoms with Gasteiger partial charge in [-0.25, -0.2) is 0 Å². The van der Waals surface area contributed by atoms with E-state index in [1.165, 1.54) is 11.8 Å². The van der Waals surface area contributed by atoms with E-state index >= 15 is 0 Å². The van der Waals surface area contributed by atoms with Crippen molar-refractivity contribution in [2.24, 2.45) is 0 Å². The largest absolute Gasteiger partial charge is 0.345 e. The van der Waals surface area contributed by atoms with Crippen LogP contribution in [0.5, 0.6) is 0 Å². The van der Waals surface area contributed by atoms with Gasteiger partial charge in [0.15, 0.2) is 5.78 Å². The quantitative estimate of drug-likeness (QED) is 0.353. The summed E-state index contributed by atoms with van der Waals surface area (Å²) in [6, 6.07) is 8.00. The highest BCUT2D eigenvalue weighted by atomic mass is 32.2. The lowest BCUT2D eigenvalue weighted by Crippen LogP contribution is -2.08. The van der Waals surface area contributed by atoms with Crippen LogP contribution in [0.25, 0.3) is 5.69 Å². The molecule has 0 atom stereocenters. The fraction of sp³-hybridized carbons (Fsp3) is 0.300. The van der Waals surface area contributed by atoms with E-state index < -0.39 is 0 Å². The summed E-state index contributed by atoms with van der Waals surface area (Å²) >= 11 is 1.35. The molecule has 0 aliphatic carbocycles. The van der Waals surface area contributed by atoms with E-state index in [0.29, 0.717) is 11.7 Å². The molecule has 2 heterocycles.